The first-order chi connectivity index (χ1) is 18.5. The Morgan fingerprint density at radius 1 is 0.974 bits per heavy atom. The zero-order chi connectivity index (χ0) is 28.2. The number of rotatable bonds is 4. The van der Waals surface area contributed by atoms with Crippen LogP contribution in [0.15, 0.2) is 83.8 Å². The van der Waals surface area contributed by atoms with E-state index in [9.17, 15) is 26.4 Å². The molecule has 7 nitrogen and oxygen atoms in total. The average molecular weight is 562 g/mol. The summed E-state index contributed by atoms with van der Waals surface area (Å²) >= 11 is 0. The van der Waals surface area contributed by atoms with Crippen LogP contribution in [0.3, 0.4) is 0 Å². The highest BCUT2D eigenvalue weighted by Gasteiger charge is 2.47. The topological polar surface area (TPSA) is 82.1 Å². The molecule has 11 heteroatoms. The van der Waals surface area contributed by atoms with Gasteiger partial charge in [0, 0.05) is 17.5 Å². The van der Waals surface area contributed by atoms with Gasteiger partial charge >= 0.3 is 12.3 Å². The SMILES string of the molecule is COc1ccccc1/C1=C/CN(S(=O)(=O)c2ccc(C)cc2)c2ccccc2C(C(F)(F)F)OC(=O)OCC1. The van der Waals surface area contributed by atoms with E-state index in [1.807, 2.05) is 0 Å². The quantitative estimate of drug-likeness (QED) is 0.341. The van der Waals surface area contributed by atoms with Crippen LogP contribution in [-0.2, 0) is 19.5 Å². The summed E-state index contributed by atoms with van der Waals surface area (Å²) in [6.07, 6.45) is -7.68. The number of para-hydroxylation sites is 2. The maximum absolute atomic E-state index is 14.2. The number of methoxy groups -OCH3 is 1. The third kappa shape index (κ3) is 6.19. The number of fused-ring (bicyclic) bond motifs is 1. The Kier molecular flexibility index (Phi) is 8.19. The smallest absolute Gasteiger partial charge is 0.496 e. The van der Waals surface area contributed by atoms with E-state index in [1.165, 1.54) is 37.4 Å². The number of hydrogen-bond donors (Lipinski definition) is 0. The van der Waals surface area contributed by atoms with E-state index in [0.717, 1.165) is 15.9 Å². The maximum Gasteiger partial charge on any atom is 0.509 e. The zero-order valence-electron chi connectivity index (χ0n) is 21.1. The van der Waals surface area contributed by atoms with Gasteiger partial charge in [-0.2, -0.15) is 13.2 Å². The molecule has 1 atom stereocenters. The van der Waals surface area contributed by atoms with Crippen molar-refractivity contribution in [2.75, 3.05) is 24.6 Å². The molecule has 206 valence electrons. The van der Waals surface area contributed by atoms with E-state index >= 15 is 0 Å². The number of sulfonamides is 1. The van der Waals surface area contributed by atoms with Crippen molar-refractivity contribution in [2.24, 2.45) is 0 Å². The lowest BCUT2D eigenvalue weighted by Crippen LogP contribution is -2.35. The second-order valence-electron chi connectivity index (χ2n) is 8.73. The number of hydrogen-bond acceptors (Lipinski definition) is 6. The van der Waals surface area contributed by atoms with Gasteiger partial charge in [-0.1, -0.05) is 60.2 Å². The molecule has 1 aliphatic rings. The summed E-state index contributed by atoms with van der Waals surface area (Å²) < 4.78 is 86.4. The molecule has 4 rings (SSSR count). The van der Waals surface area contributed by atoms with Crippen molar-refractivity contribution in [1.82, 2.24) is 0 Å². The van der Waals surface area contributed by atoms with Crippen molar-refractivity contribution in [3.05, 3.63) is 95.6 Å². The number of nitrogens with zero attached hydrogens (tertiary/aromatic N) is 1. The molecule has 3 aromatic rings. The van der Waals surface area contributed by atoms with Crippen molar-refractivity contribution < 1.29 is 40.6 Å². The summed E-state index contributed by atoms with van der Waals surface area (Å²) in [4.78, 5) is 12.2. The lowest BCUT2D eigenvalue weighted by atomic mass is 10.0. The second-order valence-corrected chi connectivity index (χ2v) is 10.6. The molecular formula is C28H26F3NO6S. The fourth-order valence-corrected chi connectivity index (χ4v) is 5.66. The molecule has 1 unspecified atom stereocenters. The lowest BCUT2D eigenvalue weighted by Gasteiger charge is -2.30. The molecular weight excluding hydrogens is 535 g/mol. The van der Waals surface area contributed by atoms with E-state index in [2.05, 4.69) is 0 Å². The highest BCUT2D eigenvalue weighted by atomic mass is 32.2. The molecule has 39 heavy (non-hydrogen) atoms. The molecule has 0 N–H and O–H groups in total. The number of anilines is 1. The molecule has 0 spiro atoms. The van der Waals surface area contributed by atoms with Crippen LogP contribution in [0, 0.1) is 6.92 Å². The van der Waals surface area contributed by atoms with E-state index in [4.69, 9.17) is 14.2 Å². The first kappa shape index (κ1) is 28.0. The number of carbonyl (C=O) groups excluding carboxylic acids is 1. The molecule has 0 fully saturated rings. The summed E-state index contributed by atoms with van der Waals surface area (Å²) in [5.41, 5.74) is 1.15. The number of alkyl halides is 3. The Labute approximate surface area is 224 Å². The minimum atomic E-state index is -5.04. The van der Waals surface area contributed by atoms with Gasteiger partial charge in [0.2, 0.25) is 6.10 Å². The fraction of sp³-hybridized carbons (Fsp3) is 0.250. The predicted octanol–water partition coefficient (Wildman–Crippen LogP) is 6.44. The summed E-state index contributed by atoms with van der Waals surface area (Å²) in [6, 6.07) is 18.0. The maximum atomic E-state index is 14.2. The summed E-state index contributed by atoms with van der Waals surface area (Å²) in [7, 11) is -2.89. The Balaban J connectivity index is 1.95. The van der Waals surface area contributed by atoms with Crippen LogP contribution in [0.4, 0.5) is 23.7 Å². The molecule has 1 heterocycles. The number of ether oxygens (including phenoxy) is 3. The number of carbonyl (C=O) groups is 1. The van der Waals surface area contributed by atoms with Gasteiger partial charge in [-0.25, -0.2) is 13.2 Å². The normalized spacial score (nSPS) is 18.4. The molecule has 3 aromatic carbocycles. The highest BCUT2D eigenvalue weighted by Crippen LogP contribution is 2.42. The van der Waals surface area contributed by atoms with Gasteiger partial charge in [0.1, 0.15) is 5.75 Å². The minimum absolute atomic E-state index is 0.0617. The van der Waals surface area contributed by atoms with Gasteiger partial charge in [-0.05, 0) is 36.8 Å². The molecule has 0 bridgehead atoms. The molecule has 0 amide bonds. The molecule has 0 saturated heterocycles. The van der Waals surface area contributed by atoms with Gasteiger partial charge in [-0.15, -0.1) is 0 Å². The lowest BCUT2D eigenvalue weighted by molar-refractivity contribution is -0.211. The number of halogens is 3. The van der Waals surface area contributed by atoms with E-state index < -0.39 is 34.0 Å². The van der Waals surface area contributed by atoms with Crippen molar-refractivity contribution in [3.8, 4) is 5.75 Å². The molecule has 0 aliphatic carbocycles. The average Bonchev–Trinajstić information content (AvgIpc) is 2.90. The Morgan fingerprint density at radius 2 is 1.64 bits per heavy atom. The van der Waals surface area contributed by atoms with Gasteiger partial charge in [0.05, 0.1) is 30.8 Å². The van der Waals surface area contributed by atoms with Crippen LogP contribution >= 0.6 is 0 Å². The molecule has 0 aromatic heterocycles. The van der Waals surface area contributed by atoms with Crippen LogP contribution in [0.25, 0.3) is 5.57 Å². The highest BCUT2D eigenvalue weighted by molar-refractivity contribution is 7.92. The van der Waals surface area contributed by atoms with E-state index in [-0.39, 0.29) is 30.2 Å². The number of cyclic esters (lactones) is 2. The number of aryl methyl sites for hydroxylation is 1. The summed E-state index contributed by atoms with van der Waals surface area (Å²) in [5.74, 6) is 0.490. The van der Waals surface area contributed by atoms with Crippen molar-refractivity contribution in [2.45, 2.75) is 30.5 Å². The Bertz CT molecular complexity index is 1470. The van der Waals surface area contributed by atoms with Crippen molar-refractivity contribution >= 4 is 27.4 Å². The summed E-state index contributed by atoms with van der Waals surface area (Å²) in [6.45, 7) is 1.16. The predicted molar refractivity (Wildman–Crippen MR) is 139 cm³/mol. The molecule has 1 aliphatic heterocycles. The largest absolute Gasteiger partial charge is 0.509 e. The van der Waals surface area contributed by atoms with Crippen molar-refractivity contribution in [1.29, 1.82) is 0 Å². The van der Waals surface area contributed by atoms with Gasteiger partial charge in [-0.3, -0.25) is 4.31 Å². The van der Waals surface area contributed by atoms with Crippen LogP contribution in [0.5, 0.6) is 5.75 Å². The van der Waals surface area contributed by atoms with Gasteiger partial charge in [0.15, 0.2) is 0 Å². The third-order valence-corrected chi connectivity index (χ3v) is 7.95. The van der Waals surface area contributed by atoms with Gasteiger partial charge < -0.3 is 14.2 Å². The minimum Gasteiger partial charge on any atom is -0.496 e. The first-order valence-corrected chi connectivity index (χ1v) is 13.4. The summed E-state index contributed by atoms with van der Waals surface area (Å²) in [5, 5.41) is 0. The monoisotopic (exact) mass is 561 g/mol. The van der Waals surface area contributed by atoms with Gasteiger partial charge in [0.25, 0.3) is 10.0 Å². The van der Waals surface area contributed by atoms with Crippen LogP contribution in [0.2, 0.25) is 0 Å². The van der Waals surface area contributed by atoms with Crippen LogP contribution < -0.4 is 9.04 Å². The van der Waals surface area contributed by atoms with E-state index in [0.29, 0.717) is 16.9 Å². The first-order valence-electron chi connectivity index (χ1n) is 11.9. The van der Waals surface area contributed by atoms with Crippen LogP contribution in [0.1, 0.15) is 29.2 Å². The fourth-order valence-electron chi connectivity index (χ4n) is 4.23. The second kappa shape index (κ2) is 11.4. The third-order valence-electron chi connectivity index (χ3n) is 6.16. The standard InChI is InChI=1S/C28H26F3NO6S/c1-19-11-13-21(14-12-19)39(34,35)32-17-15-20(22-7-4-6-10-25(22)36-2)16-18-37-27(33)38-26(28(29,30)31)23-8-3-5-9-24(23)32/h3-15,26H,16-18H2,1-2H3/b20-15+. The van der Waals surface area contributed by atoms with Crippen LogP contribution in [-0.4, -0.2) is 41.0 Å². The van der Waals surface area contributed by atoms with Crippen molar-refractivity contribution in [3.63, 3.8) is 0 Å². The Morgan fingerprint density at radius 3 is 2.33 bits per heavy atom. The van der Waals surface area contributed by atoms with E-state index in [1.54, 1.807) is 49.4 Å². The Hall–Kier alpha value is -3.99. The zero-order valence-corrected chi connectivity index (χ0v) is 22.0. The molecule has 0 saturated carbocycles. The number of benzene rings is 3. The molecule has 0 radical (unpaired) electrons.